The number of halogens is 2. The zero-order chi connectivity index (χ0) is 27.5. The number of carbonyl (C=O) groups is 3. The van der Waals surface area contributed by atoms with Crippen molar-refractivity contribution in [1.29, 1.82) is 0 Å². The van der Waals surface area contributed by atoms with Crippen LogP contribution in [0.1, 0.15) is 42.5 Å². The summed E-state index contributed by atoms with van der Waals surface area (Å²) in [6.07, 6.45) is 5.36. The van der Waals surface area contributed by atoms with Gasteiger partial charge in [0.1, 0.15) is 29.3 Å². The van der Waals surface area contributed by atoms with Crippen LogP contribution >= 0.6 is 23.2 Å². The molecule has 13 heteroatoms. The maximum Gasteiger partial charge on any atom is 0.269 e. The Morgan fingerprint density at radius 1 is 1.23 bits per heavy atom. The number of aromatic nitrogens is 4. The van der Waals surface area contributed by atoms with Crippen LogP contribution in [-0.4, -0.2) is 64.8 Å². The Kier molecular flexibility index (Phi) is 6.38. The van der Waals surface area contributed by atoms with Crippen LogP contribution in [0.2, 0.25) is 0 Å². The molecular formula is C26H27Cl2N7O4. The fourth-order valence-corrected chi connectivity index (χ4v) is 6.27. The minimum Gasteiger partial charge on any atom is -0.486 e. The van der Waals surface area contributed by atoms with E-state index in [9.17, 15) is 14.4 Å². The van der Waals surface area contributed by atoms with Crippen LogP contribution in [0, 0.1) is 11.8 Å². The Morgan fingerprint density at radius 3 is 2.67 bits per heavy atom. The van der Waals surface area contributed by atoms with Gasteiger partial charge in [0.05, 0.1) is 5.52 Å². The van der Waals surface area contributed by atoms with Gasteiger partial charge in [0.25, 0.3) is 5.91 Å². The number of amides is 3. The van der Waals surface area contributed by atoms with Gasteiger partial charge in [-0.05, 0) is 56.4 Å². The molecule has 0 unspecified atom stereocenters. The molecule has 204 valence electrons. The molecule has 1 aliphatic heterocycles. The molecule has 0 bridgehead atoms. The number of primary amides is 1. The molecule has 3 heterocycles. The number of hydrogen-bond donors (Lipinski definition) is 2. The summed E-state index contributed by atoms with van der Waals surface area (Å²) in [6, 6.07) is 6.07. The van der Waals surface area contributed by atoms with Crippen molar-refractivity contribution in [1.82, 2.24) is 30.0 Å². The van der Waals surface area contributed by atoms with Gasteiger partial charge in [0.15, 0.2) is 11.5 Å². The molecule has 2 saturated carbocycles. The first kappa shape index (κ1) is 25.8. The summed E-state index contributed by atoms with van der Waals surface area (Å²) in [4.78, 5) is 48.8. The standard InChI is InChI=1S/C26H27Cl2N7O4/c1-13(17-10-26(17,27)28)32-25(38)20-8-14-7-19(14)35(20)22(36)11-34-18-4-3-15(9-16(18)23(33-34)24(29)37)39-12-21-30-5-2-6-31-21/h2-6,9,13-14,17,19-20H,7-8,10-12H2,1H3,(H2,29,37)(H,32,38)/t13-,14-,17-,19-,20+/m1/s1. The lowest BCUT2D eigenvalue weighted by molar-refractivity contribution is -0.140. The largest absolute Gasteiger partial charge is 0.486 e. The Balaban J connectivity index is 1.19. The zero-order valence-electron chi connectivity index (χ0n) is 21.1. The van der Waals surface area contributed by atoms with E-state index in [1.54, 1.807) is 41.6 Å². The number of nitrogens with zero attached hydrogens (tertiary/aromatic N) is 5. The van der Waals surface area contributed by atoms with Gasteiger partial charge in [-0.3, -0.25) is 19.1 Å². The molecule has 1 aromatic carbocycles. The summed E-state index contributed by atoms with van der Waals surface area (Å²) in [5, 5.41) is 7.81. The summed E-state index contributed by atoms with van der Waals surface area (Å²) in [5.41, 5.74) is 6.19. The Bertz CT molecular complexity index is 1460. The molecule has 3 amide bonds. The predicted molar refractivity (Wildman–Crippen MR) is 142 cm³/mol. The van der Waals surface area contributed by atoms with E-state index in [2.05, 4.69) is 20.4 Å². The third-order valence-electron chi connectivity index (χ3n) is 7.77. The lowest BCUT2D eigenvalue weighted by atomic mass is 10.1. The number of carbonyl (C=O) groups excluding carboxylic acids is 3. The number of nitrogens with one attached hydrogen (secondary N) is 1. The van der Waals surface area contributed by atoms with E-state index >= 15 is 0 Å². The lowest BCUT2D eigenvalue weighted by Gasteiger charge is -2.28. The van der Waals surface area contributed by atoms with Crippen LogP contribution in [0.15, 0.2) is 36.7 Å². The van der Waals surface area contributed by atoms with Crippen molar-refractivity contribution < 1.29 is 19.1 Å². The van der Waals surface area contributed by atoms with Gasteiger partial charge in [0.2, 0.25) is 11.8 Å². The predicted octanol–water partition coefficient (Wildman–Crippen LogP) is 2.19. The number of piperidine rings is 1. The number of hydrogen-bond acceptors (Lipinski definition) is 7. The molecule has 6 rings (SSSR count). The van der Waals surface area contributed by atoms with Gasteiger partial charge in [-0.15, -0.1) is 23.2 Å². The van der Waals surface area contributed by atoms with Crippen molar-refractivity contribution in [3.8, 4) is 5.75 Å². The zero-order valence-corrected chi connectivity index (χ0v) is 22.6. The Labute approximate surface area is 234 Å². The minimum atomic E-state index is -0.806. The first-order valence-electron chi connectivity index (χ1n) is 12.8. The monoisotopic (exact) mass is 571 g/mol. The maximum atomic E-state index is 13.5. The Hall–Kier alpha value is -3.44. The van der Waals surface area contributed by atoms with E-state index in [1.807, 2.05) is 6.92 Å². The molecule has 3 aromatic rings. The number of benzene rings is 1. The molecule has 0 spiro atoms. The van der Waals surface area contributed by atoms with E-state index in [0.717, 1.165) is 6.42 Å². The van der Waals surface area contributed by atoms with Crippen molar-refractivity contribution in [2.24, 2.45) is 17.6 Å². The van der Waals surface area contributed by atoms with Crippen molar-refractivity contribution in [2.45, 2.75) is 61.8 Å². The molecule has 3 N–H and O–H groups in total. The van der Waals surface area contributed by atoms with Gasteiger partial charge in [-0.2, -0.15) is 5.10 Å². The average molecular weight is 572 g/mol. The topological polar surface area (TPSA) is 145 Å². The minimum absolute atomic E-state index is 0.0124. The number of fused-ring (bicyclic) bond motifs is 2. The summed E-state index contributed by atoms with van der Waals surface area (Å²) in [6.45, 7) is 1.88. The summed E-state index contributed by atoms with van der Waals surface area (Å²) in [5.74, 6) is 0.109. The fraction of sp³-hybridized carbons (Fsp3) is 0.462. The highest BCUT2D eigenvalue weighted by Crippen LogP contribution is 2.55. The smallest absolute Gasteiger partial charge is 0.269 e. The van der Waals surface area contributed by atoms with E-state index in [0.29, 0.717) is 41.2 Å². The summed E-state index contributed by atoms with van der Waals surface area (Å²) in [7, 11) is 0. The molecule has 1 saturated heterocycles. The number of alkyl halides is 2. The molecule has 3 aliphatic rings. The first-order chi connectivity index (χ1) is 18.6. The second-order valence-corrected chi connectivity index (χ2v) is 12.0. The highest BCUT2D eigenvalue weighted by atomic mass is 35.5. The van der Waals surface area contributed by atoms with Gasteiger partial charge in [0, 0.05) is 35.8 Å². The molecule has 39 heavy (non-hydrogen) atoms. The van der Waals surface area contributed by atoms with Crippen LogP contribution in [-0.2, 0) is 22.7 Å². The second kappa shape index (κ2) is 9.63. The van der Waals surface area contributed by atoms with Crippen molar-refractivity contribution >= 4 is 51.8 Å². The fourth-order valence-electron chi connectivity index (χ4n) is 5.56. The normalized spacial score (nSPS) is 25.2. The second-order valence-electron chi connectivity index (χ2n) is 10.5. The molecule has 0 radical (unpaired) electrons. The molecule has 2 aromatic heterocycles. The number of nitrogens with two attached hydrogens (primary N) is 1. The molecule has 5 atom stereocenters. The lowest BCUT2D eigenvalue weighted by Crippen LogP contribution is -2.51. The van der Waals surface area contributed by atoms with Crippen molar-refractivity contribution in [3.05, 3.63) is 48.2 Å². The van der Waals surface area contributed by atoms with Crippen LogP contribution in [0.3, 0.4) is 0 Å². The highest BCUT2D eigenvalue weighted by molar-refractivity contribution is 6.51. The van der Waals surface area contributed by atoms with E-state index in [4.69, 9.17) is 33.7 Å². The number of ether oxygens (including phenoxy) is 1. The number of rotatable bonds is 9. The quantitative estimate of drug-likeness (QED) is 0.374. The van der Waals surface area contributed by atoms with E-state index < -0.39 is 16.3 Å². The number of likely N-dealkylation sites (tertiary alicyclic amines) is 1. The van der Waals surface area contributed by atoms with Gasteiger partial charge in [-0.1, -0.05) is 0 Å². The first-order valence-corrected chi connectivity index (χ1v) is 13.6. The summed E-state index contributed by atoms with van der Waals surface area (Å²) < 4.78 is 6.43. The van der Waals surface area contributed by atoms with E-state index in [-0.39, 0.29) is 48.7 Å². The summed E-state index contributed by atoms with van der Waals surface area (Å²) >= 11 is 12.3. The molecule has 11 nitrogen and oxygen atoms in total. The van der Waals surface area contributed by atoms with Crippen molar-refractivity contribution in [3.63, 3.8) is 0 Å². The molecular weight excluding hydrogens is 545 g/mol. The van der Waals surface area contributed by atoms with Gasteiger partial charge < -0.3 is 20.7 Å². The molecule has 3 fully saturated rings. The van der Waals surface area contributed by atoms with Crippen LogP contribution in [0.4, 0.5) is 0 Å². The third kappa shape index (κ3) is 5.00. The van der Waals surface area contributed by atoms with Gasteiger partial charge in [-0.25, -0.2) is 9.97 Å². The highest BCUT2D eigenvalue weighted by Gasteiger charge is 2.58. The Morgan fingerprint density at radius 2 is 1.97 bits per heavy atom. The van der Waals surface area contributed by atoms with Gasteiger partial charge >= 0.3 is 0 Å². The average Bonchev–Trinajstić information content (AvgIpc) is 3.72. The van der Waals surface area contributed by atoms with Crippen LogP contribution in [0.5, 0.6) is 5.75 Å². The molecule has 2 aliphatic carbocycles. The van der Waals surface area contributed by atoms with Crippen molar-refractivity contribution in [2.75, 3.05) is 0 Å². The van der Waals surface area contributed by atoms with Crippen LogP contribution in [0.25, 0.3) is 10.9 Å². The third-order valence-corrected chi connectivity index (χ3v) is 8.64. The SMILES string of the molecule is C[C@@H](NC(=O)[C@@H]1C[C@H]2C[C@H]2N1C(=O)Cn1nc(C(N)=O)c2cc(OCc3ncccn3)ccc21)[C@H]1CC1(Cl)Cl. The van der Waals surface area contributed by atoms with Crippen LogP contribution < -0.4 is 15.8 Å². The maximum absolute atomic E-state index is 13.5. The van der Waals surface area contributed by atoms with E-state index in [1.165, 1.54) is 4.68 Å².